The topological polar surface area (TPSA) is 40.7 Å². The molecule has 2 aromatic carbocycles. The summed E-state index contributed by atoms with van der Waals surface area (Å²) in [7, 11) is 0. The molecular formula is C21H25N3. The van der Waals surface area contributed by atoms with Gasteiger partial charge in [0, 0.05) is 6.54 Å². The van der Waals surface area contributed by atoms with Gasteiger partial charge in [-0.25, -0.2) is 4.98 Å². The second-order valence-corrected chi connectivity index (χ2v) is 6.11. The summed E-state index contributed by atoms with van der Waals surface area (Å²) in [5, 5.41) is 3.66. The van der Waals surface area contributed by atoms with Crippen molar-refractivity contribution in [2.24, 2.45) is 0 Å². The average Bonchev–Trinajstić information content (AvgIpc) is 3.13. The van der Waals surface area contributed by atoms with Crippen molar-refractivity contribution < 1.29 is 0 Å². The molecule has 1 atom stereocenters. The standard InChI is InChI=1S/C21H25N3/c1-2-3-14-19(22-15-17-10-6-4-7-11-17)21-23-16-20(24-21)18-12-8-5-9-13-18/h4-13,16,19,22H,2-3,14-15H2,1H3,(H,23,24). The quantitative estimate of drug-likeness (QED) is 0.606. The number of benzene rings is 2. The zero-order chi connectivity index (χ0) is 16.6. The van der Waals surface area contributed by atoms with E-state index in [-0.39, 0.29) is 6.04 Å². The van der Waals surface area contributed by atoms with Crippen molar-refractivity contribution in [2.75, 3.05) is 0 Å². The van der Waals surface area contributed by atoms with Crippen molar-refractivity contribution in [2.45, 2.75) is 38.8 Å². The van der Waals surface area contributed by atoms with Crippen LogP contribution in [0.25, 0.3) is 11.3 Å². The lowest BCUT2D eigenvalue weighted by Gasteiger charge is -2.16. The van der Waals surface area contributed by atoms with E-state index in [1.165, 1.54) is 24.0 Å². The molecule has 2 N–H and O–H groups in total. The van der Waals surface area contributed by atoms with Crippen LogP contribution in [-0.4, -0.2) is 9.97 Å². The molecule has 3 rings (SSSR count). The molecule has 1 heterocycles. The Hall–Kier alpha value is -2.39. The maximum atomic E-state index is 4.64. The molecule has 0 radical (unpaired) electrons. The van der Waals surface area contributed by atoms with Crippen LogP contribution in [0.1, 0.15) is 43.6 Å². The van der Waals surface area contributed by atoms with Crippen molar-refractivity contribution >= 4 is 0 Å². The Kier molecular flexibility index (Phi) is 5.80. The van der Waals surface area contributed by atoms with Crippen LogP contribution in [0, 0.1) is 0 Å². The van der Waals surface area contributed by atoms with Gasteiger partial charge < -0.3 is 10.3 Å². The first kappa shape index (κ1) is 16.5. The minimum absolute atomic E-state index is 0.252. The molecule has 3 nitrogen and oxygen atoms in total. The molecule has 0 saturated heterocycles. The van der Waals surface area contributed by atoms with Gasteiger partial charge in [-0.1, -0.05) is 80.4 Å². The zero-order valence-corrected chi connectivity index (χ0v) is 14.2. The molecule has 0 saturated carbocycles. The summed E-state index contributed by atoms with van der Waals surface area (Å²) in [6.07, 6.45) is 5.41. The third kappa shape index (κ3) is 4.33. The first-order chi connectivity index (χ1) is 11.9. The van der Waals surface area contributed by atoms with Crippen molar-refractivity contribution in [1.29, 1.82) is 0 Å². The summed E-state index contributed by atoms with van der Waals surface area (Å²) < 4.78 is 0. The van der Waals surface area contributed by atoms with E-state index in [9.17, 15) is 0 Å². The fourth-order valence-corrected chi connectivity index (χ4v) is 2.86. The van der Waals surface area contributed by atoms with Crippen LogP contribution in [0.4, 0.5) is 0 Å². The molecule has 3 aromatic rings. The summed E-state index contributed by atoms with van der Waals surface area (Å²) in [5.41, 5.74) is 3.55. The molecule has 0 aliphatic carbocycles. The number of H-pyrrole nitrogens is 1. The highest BCUT2D eigenvalue weighted by atomic mass is 15.0. The Labute approximate surface area is 144 Å². The fraction of sp³-hybridized carbons (Fsp3) is 0.286. The Morgan fingerprint density at radius 2 is 1.71 bits per heavy atom. The first-order valence-electron chi connectivity index (χ1n) is 8.74. The van der Waals surface area contributed by atoms with Crippen LogP contribution in [-0.2, 0) is 6.54 Å². The molecule has 3 heteroatoms. The maximum absolute atomic E-state index is 4.64. The highest BCUT2D eigenvalue weighted by Crippen LogP contribution is 2.22. The number of hydrogen-bond donors (Lipinski definition) is 2. The lowest BCUT2D eigenvalue weighted by atomic mass is 10.1. The number of nitrogens with zero attached hydrogens (tertiary/aromatic N) is 1. The van der Waals surface area contributed by atoms with E-state index in [0.29, 0.717) is 0 Å². The minimum atomic E-state index is 0.252. The van der Waals surface area contributed by atoms with Crippen LogP contribution >= 0.6 is 0 Å². The van der Waals surface area contributed by atoms with Gasteiger partial charge in [0.05, 0.1) is 17.9 Å². The van der Waals surface area contributed by atoms with Crippen molar-refractivity contribution in [3.8, 4) is 11.3 Å². The van der Waals surface area contributed by atoms with Gasteiger partial charge in [-0.15, -0.1) is 0 Å². The largest absolute Gasteiger partial charge is 0.341 e. The van der Waals surface area contributed by atoms with E-state index >= 15 is 0 Å². The summed E-state index contributed by atoms with van der Waals surface area (Å²) in [6.45, 7) is 3.09. The van der Waals surface area contributed by atoms with Gasteiger partial charge in [0.15, 0.2) is 0 Å². The Balaban J connectivity index is 1.72. The molecule has 0 bridgehead atoms. The predicted molar refractivity (Wildman–Crippen MR) is 99.6 cm³/mol. The van der Waals surface area contributed by atoms with Crippen LogP contribution in [0.3, 0.4) is 0 Å². The van der Waals surface area contributed by atoms with Crippen LogP contribution < -0.4 is 5.32 Å². The van der Waals surface area contributed by atoms with Crippen LogP contribution in [0.2, 0.25) is 0 Å². The molecule has 0 fully saturated rings. The molecule has 24 heavy (non-hydrogen) atoms. The Morgan fingerprint density at radius 3 is 2.42 bits per heavy atom. The third-order valence-corrected chi connectivity index (χ3v) is 4.25. The number of aromatic nitrogens is 2. The van der Waals surface area contributed by atoms with Gasteiger partial charge in [0.25, 0.3) is 0 Å². The molecule has 0 spiro atoms. The van der Waals surface area contributed by atoms with E-state index < -0.39 is 0 Å². The monoisotopic (exact) mass is 319 g/mol. The van der Waals surface area contributed by atoms with E-state index in [1.807, 2.05) is 12.3 Å². The number of imidazole rings is 1. The Morgan fingerprint density at radius 1 is 1.00 bits per heavy atom. The number of rotatable bonds is 8. The molecule has 0 amide bonds. The van der Waals surface area contributed by atoms with E-state index in [1.54, 1.807) is 0 Å². The average molecular weight is 319 g/mol. The number of unbranched alkanes of at least 4 members (excludes halogenated alkanes) is 1. The molecule has 0 aliphatic heterocycles. The van der Waals surface area contributed by atoms with Crippen molar-refractivity contribution in [3.05, 3.63) is 78.2 Å². The van der Waals surface area contributed by atoms with Gasteiger partial charge in [-0.2, -0.15) is 0 Å². The maximum Gasteiger partial charge on any atom is 0.123 e. The first-order valence-corrected chi connectivity index (χ1v) is 8.74. The van der Waals surface area contributed by atoms with Crippen molar-refractivity contribution in [3.63, 3.8) is 0 Å². The molecule has 0 aliphatic rings. The summed E-state index contributed by atoms with van der Waals surface area (Å²) >= 11 is 0. The minimum Gasteiger partial charge on any atom is -0.341 e. The molecule has 124 valence electrons. The lowest BCUT2D eigenvalue weighted by Crippen LogP contribution is -2.22. The SMILES string of the molecule is CCCCC(NCc1ccccc1)c1ncc(-c2ccccc2)[nH]1. The van der Waals surface area contributed by atoms with E-state index in [2.05, 4.69) is 76.8 Å². The second kappa shape index (κ2) is 8.46. The van der Waals surface area contributed by atoms with Gasteiger partial charge in [0.2, 0.25) is 0 Å². The smallest absolute Gasteiger partial charge is 0.123 e. The molecule has 1 aromatic heterocycles. The van der Waals surface area contributed by atoms with Gasteiger partial charge in [0.1, 0.15) is 5.82 Å². The van der Waals surface area contributed by atoms with Crippen LogP contribution in [0.5, 0.6) is 0 Å². The van der Waals surface area contributed by atoms with E-state index in [4.69, 9.17) is 0 Å². The van der Waals surface area contributed by atoms with Crippen LogP contribution in [0.15, 0.2) is 66.9 Å². The van der Waals surface area contributed by atoms with E-state index in [0.717, 1.165) is 24.5 Å². The van der Waals surface area contributed by atoms with Crippen molar-refractivity contribution in [1.82, 2.24) is 15.3 Å². The van der Waals surface area contributed by atoms with Gasteiger partial charge in [-0.05, 0) is 17.5 Å². The second-order valence-electron chi connectivity index (χ2n) is 6.11. The normalized spacial score (nSPS) is 12.2. The third-order valence-electron chi connectivity index (χ3n) is 4.25. The summed E-state index contributed by atoms with van der Waals surface area (Å²) in [5.74, 6) is 1.03. The van der Waals surface area contributed by atoms with Gasteiger partial charge >= 0.3 is 0 Å². The zero-order valence-electron chi connectivity index (χ0n) is 14.2. The Bertz CT molecular complexity index is 719. The number of nitrogens with one attached hydrogen (secondary N) is 2. The summed E-state index contributed by atoms with van der Waals surface area (Å²) in [6, 6.07) is 21.1. The summed E-state index contributed by atoms with van der Waals surface area (Å²) in [4.78, 5) is 8.14. The molecule has 1 unspecified atom stereocenters. The molecular weight excluding hydrogens is 294 g/mol. The number of hydrogen-bond acceptors (Lipinski definition) is 2. The number of aromatic amines is 1. The fourth-order valence-electron chi connectivity index (χ4n) is 2.86. The predicted octanol–water partition coefficient (Wildman–Crippen LogP) is 5.10. The highest BCUT2D eigenvalue weighted by molar-refractivity contribution is 5.58. The lowest BCUT2D eigenvalue weighted by molar-refractivity contribution is 0.463. The highest BCUT2D eigenvalue weighted by Gasteiger charge is 2.14. The van der Waals surface area contributed by atoms with Gasteiger partial charge in [-0.3, -0.25) is 0 Å².